The van der Waals surface area contributed by atoms with E-state index < -0.39 is 0 Å². The van der Waals surface area contributed by atoms with Gasteiger partial charge in [-0.1, -0.05) is 56.7 Å². The van der Waals surface area contributed by atoms with Crippen LogP contribution in [0.25, 0.3) is 0 Å². The number of benzene rings is 2. The number of aryl methyl sites for hydroxylation is 1. The van der Waals surface area contributed by atoms with Crippen LogP contribution in [0.1, 0.15) is 15.9 Å². The Labute approximate surface area is 172 Å². The van der Waals surface area contributed by atoms with Crippen LogP contribution in [0.15, 0.2) is 57.3 Å². The van der Waals surface area contributed by atoms with Crippen LogP contribution in [-0.4, -0.2) is 27.8 Å². The third-order valence-electron chi connectivity index (χ3n) is 3.36. The van der Waals surface area contributed by atoms with Crippen molar-refractivity contribution < 1.29 is 9.59 Å². The summed E-state index contributed by atoms with van der Waals surface area (Å²) >= 11 is 5.85. The predicted octanol–water partition coefficient (Wildman–Crippen LogP) is 4.59. The van der Waals surface area contributed by atoms with Crippen molar-refractivity contribution in [3.8, 4) is 0 Å². The van der Waals surface area contributed by atoms with E-state index in [1.165, 1.54) is 23.1 Å². The van der Waals surface area contributed by atoms with Gasteiger partial charge in [-0.2, -0.15) is 0 Å². The van der Waals surface area contributed by atoms with Crippen LogP contribution >= 0.6 is 39.0 Å². The average molecular weight is 463 g/mol. The summed E-state index contributed by atoms with van der Waals surface area (Å²) in [5, 5.41) is 13.9. The van der Waals surface area contributed by atoms with Gasteiger partial charge in [0.1, 0.15) is 0 Å². The minimum atomic E-state index is -0.237. The number of amides is 2. The van der Waals surface area contributed by atoms with Gasteiger partial charge in [0.2, 0.25) is 11.0 Å². The maximum Gasteiger partial charge on any atom is 0.257 e. The Balaban J connectivity index is 1.51. The summed E-state index contributed by atoms with van der Waals surface area (Å²) in [6.07, 6.45) is 0. The van der Waals surface area contributed by atoms with Crippen molar-refractivity contribution in [2.45, 2.75) is 11.3 Å². The lowest BCUT2D eigenvalue weighted by atomic mass is 10.1. The molecule has 138 valence electrons. The standard InChI is InChI=1S/C18H15BrN4O2S2/c1-11-3-2-4-12(9-11)16(25)21-17-22-23-18(27-17)26-10-15(24)20-14-7-5-13(19)6-8-14/h2-9H,10H2,1H3,(H,20,24)(H,21,22,25). The summed E-state index contributed by atoms with van der Waals surface area (Å²) < 4.78 is 1.56. The Morgan fingerprint density at radius 1 is 1.11 bits per heavy atom. The van der Waals surface area contributed by atoms with E-state index in [1.54, 1.807) is 12.1 Å². The second-order valence-corrected chi connectivity index (χ2v) is 8.66. The quantitative estimate of drug-likeness (QED) is 0.413. The number of thioether (sulfide) groups is 1. The number of hydrogen-bond acceptors (Lipinski definition) is 6. The largest absolute Gasteiger partial charge is 0.325 e. The fourth-order valence-corrected chi connectivity index (χ4v) is 3.94. The minimum Gasteiger partial charge on any atom is -0.325 e. The first kappa shape index (κ1) is 19.5. The maximum absolute atomic E-state index is 12.2. The molecule has 0 saturated carbocycles. The molecule has 9 heteroatoms. The first-order valence-corrected chi connectivity index (χ1v) is 10.5. The molecular weight excluding hydrogens is 448 g/mol. The molecule has 3 rings (SSSR count). The Morgan fingerprint density at radius 3 is 2.63 bits per heavy atom. The third kappa shape index (κ3) is 5.88. The Hall–Kier alpha value is -2.23. The smallest absolute Gasteiger partial charge is 0.257 e. The molecule has 0 atom stereocenters. The molecule has 0 aliphatic rings. The molecule has 0 aliphatic carbocycles. The molecule has 0 fully saturated rings. The highest BCUT2D eigenvalue weighted by Crippen LogP contribution is 2.26. The van der Waals surface area contributed by atoms with Crippen LogP contribution in [-0.2, 0) is 4.79 Å². The molecule has 1 heterocycles. The van der Waals surface area contributed by atoms with E-state index in [0.717, 1.165) is 15.7 Å². The molecule has 0 spiro atoms. The molecular formula is C18H15BrN4O2S2. The number of anilines is 2. The summed E-state index contributed by atoms with van der Waals surface area (Å²) in [5.41, 5.74) is 2.30. The lowest BCUT2D eigenvalue weighted by molar-refractivity contribution is -0.113. The lowest BCUT2D eigenvalue weighted by Gasteiger charge is -2.03. The van der Waals surface area contributed by atoms with Gasteiger partial charge in [-0.3, -0.25) is 14.9 Å². The number of halogens is 1. The zero-order chi connectivity index (χ0) is 19.2. The number of nitrogens with zero attached hydrogens (tertiary/aromatic N) is 2. The maximum atomic E-state index is 12.2. The molecule has 6 nitrogen and oxygen atoms in total. The molecule has 27 heavy (non-hydrogen) atoms. The second kappa shape index (κ2) is 9.12. The lowest BCUT2D eigenvalue weighted by Crippen LogP contribution is -2.13. The summed E-state index contributed by atoms with van der Waals surface area (Å²) in [4.78, 5) is 24.2. The third-order valence-corrected chi connectivity index (χ3v) is 5.86. The van der Waals surface area contributed by atoms with Crippen molar-refractivity contribution >= 4 is 61.7 Å². The molecule has 2 aromatic carbocycles. The SMILES string of the molecule is Cc1cccc(C(=O)Nc2nnc(SCC(=O)Nc3ccc(Br)cc3)s2)c1. The summed E-state index contributed by atoms with van der Waals surface area (Å²) in [6.45, 7) is 1.93. The van der Waals surface area contributed by atoms with Crippen LogP contribution in [0.3, 0.4) is 0 Å². The predicted molar refractivity (Wildman–Crippen MR) is 113 cm³/mol. The van der Waals surface area contributed by atoms with E-state index in [9.17, 15) is 9.59 Å². The van der Waals surface area contributed by atoms with Gasteiger partial charge in [0.25, 0.3) is 5.91 Å². The highest BCUT2D eigenvalue weighted by Gasteiger charge is 2.12. The molecule has 2 amide bonds. The molecule has 0 bridgehead atoms. The van der Waals surface area contributed by atoms with Crippen molar-refractivity contribution in [2.24, 2.45) is 0 Å². The number of carbonyl (C=O) groups excluding carboxylic acids is 2. The van der Waals surface area contributed by atoms with Gasteiger partial charge in [-0.15, -0.1) is 10.2 Å². The summed E-state index contributed by atoms with van der Waals surface area (Å²) in [5.74, 6) is -0.168. The normalized spacial score (nSPS) is 10.4. The van der Waals surface area contributed by atoms with E-state index in [0.29, 0.717) is 15.0 Å². The minimum absolute atomic E-state index is 0.136. The Bertz CT molecular complexity index is 960. The van der Waals surface area contributed by atoms with Crippen molar-refractivity contribution in [2.75, 3.05) is 16.4 Å². The van der Waals surface area contributed by atoms with Gasteiger partial charge in [-0.25, -0.2) is 0 Å². The molecule has 3 aromatic rings. The van der Waals surface area contributed by atoms with Crippen molar-refractivity contribution in [3.05, 3.63) is 64.1 Å². The molecule has 0 saturated heterocycles. The van der Waals surface area contributed by atoms with Gasteiger partial charge >= 0.3 is 0 Å². The fraction of sp³-hybridized carbons (Fsp3) is 0.111. The van der Waals surface area contributed by atoms with Crippen molar-refractivity contribution in [1.82, 2.24) is 10.2 Å². The van der Waals surface area contributed by atoms with E-state index in [2.05, 4.69) is 36.8 Å². The molecule has 1 aromatic heterocycles. The monoisotopic (exact) mass is 462 g/mol. The zero-order valence-corrected chi connectivity index (χ0v) is 17.5. The first-order valence-electron chi connectivity index (χ1n) is 7.89. The van der Waals surface area contributed by atoms with Gasteiger partial charge in [0, 0.05) is 15.7 Å². The van der Waals surface area contributed by atoms with Gasteiger partial charge < -0.3 is 5.32 Å². The molecule has 0 unspecified atom stereocenters. The van der Waals surface area contributed by atoms with Gasteiger partial charge in [0.15, 0.2) is 4.34 Å². The topological polar surface area (TPSA) is 84.0 Å². The fourth-order valence-electron chi connectivity index (χ4n) is 2.13. The number of hydrogen-bond donors (Lipinski definition) is 2. The molecule has 2 N–H and O–H groups in total. The highest BCUT2D eigenvalue weighted by molar-refractivity contribution is 9.10. The number of nitrogens with one attached hydrogen (secondary N) is 2. The van der Waals surface area contributed by atoms with Crippen LogP contribution < -0.4 is 10.6 Å². The van der Waals surface area contributed by atoms with E-state index >= 15 is 0 Å². The van der Waals surface area contributed by atoms with Crippen LogP contribution in [0.4, 0.5) is 10.8 Å². The Kier molecular flexibility index (Phi) is 6.59. The Morgan fingerprint density at radius 2 is 1.89 bits per heavy atom. The number of aromatic nitrogens is 2. The van der Waals surface area contributed by atoms with Crippen LogP contribution in [0.5, 0.6) is 0 Å². The molecule has 0 aliphatic heterocycles. The first-order chi connectivity index (χ1) is 13.0. The van der Waals surface area contributed by atoms with Crippen LogP contribution in [0, 0.1) is 6.92 Å². The van der Waals surface area contributed by atoms with Gasteiger partial charge in [0.05, 0.1) is 5.75 Å². The van der Waals surface area contributed by atoms with Crippen LogP contribution in [0.2, 0.25) is 0 Å². The van der Waals surface area contributed by atoms with Crippen molar-refractivity contribution in [3.63, 3.8) is 0 Å². The number of rotatable bonds is 6. The van der Waals surface area contributed by atoms with Gasteiger partial charge in [-0.05, 0) is 43.3 Å². The average Bonchev–Trinajstić information content (AvgIpc) is 3.09. The van der Waals surface area contributed by atoms with E-state index in [4.69, 9.17) is 0 Å². The zero-order valence-electron chi connectivity index (χ0n) is 14.2. The van der Waals surface area contributed by atoms with Crippen molar-refractivity contribution in [1.29, 1.82) is 0 Å². The summed E-state index contributed by atoms with van der Waals surface area (Å²) in [6, 6.07) is 14.6. The number of carbonyl (C=O) groups is 2. The van der Waals surface area contributed by atoms with E-state index in [1.807, 2.05) is 43.3 Å². The highest BCUT2D eigenvalue weighted by atomic mass is 79.9. The van der Waals surface area contributed by atoms with E-state index in [-0.39, 0.29) is 17.6 Å². The second-order valence-electron chi connectivity index (χ2n) is 5.54. The molecule has 0 radical (unpaired) electrons. The summed E-state index contributed by atoms with van der Waals surface area (Å²) in [7, 11) is 0.